The summed E-state index contributed by atoms with van der Waals surface area (Å²) in [5, 5.41) is 8.40. The zero-order chi connectivity index (χ0) is 12.1. The summed E-state index contributed by atoms with van der Waals surface area (Å²) in [5.41, 5.74) is 0.908. The Hall–Kier alpha value is -1.14. The summed E-state index contributed by atoms with van der Waals surface area (Å²) < 4.78 is 3.77. The molecule has 2 N–H and O–H groups in total. The van der Waals surface area contributed by atoms with Gasteiger partial charge in [0.15, 0.2) is 5.15 Å². The number of imidazole rings is 1. The number of nitrogens with one attached hydrogen (secondary N) is 2. The van der Waals surface area contributed by atoms with Gasteiger partial charge in [-0.15, -0.1) is 5.10 Å². The number of nitrogens with zero attached hydrogens (tertiary/aromatic N) is 3. The van der Waals surface area contributed by atoms with E-state index in [1.54, 1.807) is 6.20 Å². The first-order valence-corrected chi connectivity index (χ1v) is 6.69. The summed E-state index contributed by atoms with van der Waals surface area (Å²) in [5.74, 6) is 0.955. The Bertz CT molecular complexity index is 453. The molecule has 5 nitrogen and oxygen atoms in total. The van der Waals surface area contributed by atoms with Crippen LogP contribution in [0.3, 0.4) is 0 Å². The topological polar surface area (TPSA) is 66.5 Å². The molecule has 7 heteroatoms. The van der Waals surface area contributed by atoms with Crippen LogP contribution in [-0.2, 0) is 13.0 Å². The summed E-state index contributed by atoms with van der Waals surface area (Å²) in [6.07, 6.45) is 4.90. The first-order chi connectivity index (χ1) is 8.29. The fraction of sp³-hybridized carbons (Fsp3) is 0.500. The quantitative estimate of drug-likeness (QED) is 0.848. The first kappa shape index (κ1) is 12.3. The monoisotopic (exact) mass is 271 g/mol. The molecule has 0 unspecified atom stereocenters. The van der Waals surface area contributed by atoms with Gasteiger partial charge in [-0.1, -0.05) is 29.4 Å². The minimum atomic E-state index is 0.543. The van der Waals surface area contributed by atoms with Gasteiger partial charge in [0.25, 0.3) is 0 Å². The van der Waals surface area contributed by atoms with Crippen LogP contribution in [0.25, 0.3) is 0 Å². The van der Waals surface area contributed by atoms with Gasteiger partial charge in [-0.3, -0.25) is 0 Å². The van der Waals surface area contributed by atoms with E-state index in [4.69, 9.17) is 11.6 Å². The first-order valence-electron chi connectivity index (χ1n) is 5.54. The normalized spacial score (nSPS) is 10.7. The van der Waals surface area contributed by atoms with Gasteiger partial charge >= 0.3 is 0 Å². The number of aromatic amines is 1. The molecular formula is C10H14ClN5S. The van der Waals surface area contributed by atoms with Gasteiger partial charge in [0.05, 0.1) is 18.4 Å². The van der Waals surface area contributed by atoms with Crippen LogP contribution in [0.2, 0.25) is 5.15 Å². The van der Waals surface area contributed by atoms with E-state index in [1.165, 1.54) is 11.5 Å². The summed E-state index contributed by atoms with van der Waals surface area (Å²) >= 11 is 7.37. The van der Waals surface area contributed by atoms with Crippen LogP contribution in [-0.4, -0.2) is 19.6 Å². The number of halogens is 1. The van der Waals surface area contributed by atoms with E-state index in [-0.39, 0.29) is 0 Å². The third-order valence-electron chi connectivity index (χ3n) is 2.35. The molecule has 0 radical (unpaired) electrons. The standard InChI is InChI=1S/C10H14ClN5S/c1-2-3-4-8-14-7(10(11)15-8)5-12-9-6-13-16-17-9/h6,12H,2-5H2,1H3,(H,14,15). The van der Waals surface area contributed by atoms with Crippen molar-refractivity contribution >= 4 is 28.1 Å². The maximum Gasteiger partial charge on any atom is 0.152 e. The van der Waals surface area contributed by atoms with Crippen molar-refractivity contribution < 1.29 is 0 Å². The number of aromatic nitrogens is 4. The van der Waals surface area contributed by atoms with E-state index in [2.05, 4.69) is 31.8 Å². The zero-order valence-corrected chi connectivity index (χ0v) is 11.1. The smallest absolute Gasteiger partial charge is 0.152 e. The number of anilines is 1. The van der Waals surface area contributed by atoms with Gasteiger partial charge in [0.2, 0.25) is 0 Å². The second kappa shape index (κ2) is 5.97. The number of aryl methyl sites for hydroxylation is 1. The Labute approximate surface area is 109 Å². The summed E-state index contributed by atoms with van der Waals surface area (Å²) in [6, 6.07) is 0. The molecular weight excluding hydrogens is 258 g/mol. The minimum absolute atomic E-state index is 0.543. The molecule has 0 bridgehead atoms. The SMILES string of the molecule is CCCCc1nc(Cl)c(CNc2cnns2)[nH]1. The second-order valence-electron chi connectivity index (χ2n) is 3.69. The average Bonchev–Trinajstić information content (AvgIpc) is 2.93. The molecule has 0 saturated carbocycles. The molecule has 0 atom stereocenters. The number of hydrogen-bond acceptors (Lipinski definition) is 5. The lowest BCUT2D eigenvalue weighted by Gasteiger charge is -1.99. The van der Waals surface area contributed by atoms with E-state index in [9.17, 15) is 0 Å². The molecule has 2 heterocycles. The molecule has 17 heavy (non-hydrogen) atoms. The third kappa shape index (κ3) is 3.41. The van der Waals surface area contributed by atoms with E-state index < -0.39 is 0 Å². The Kier molecular flexibility index (Phi) is 4.33. The second-order valence-corrected chi connectivity index (χ2v) is 4.84. The fourth-order valence-electron chi connectivity index (χ4n) is 1.44. The highest BCUT2D eigenvalue weighted by Gasteiger charge is 2.08. The fourth-order valence-corrected chi connectivity index (χ4v) is 2.07. The van der Waals surface area contributed by atoms with Gasteiger partial charge in [-0.2, -0.15) is 0 Å². The minimum Gasteiger partial charge on any atom is -0.369 e. The summed E-state index contributed by atoms with van der Waals surface area (Å²) in [7, 11) is 0. The van der Waals surface area contributed by atoms with Crippen molar-refractivity contribution in [3.05, 3.63) is 22.9 Å². The van der Waals surface area contributed by atoms with Crippen LogP contribution >= 0.6 is 23.1 Å². The lowest BCUT2D eigenvalue weighted by molar-refractivity contribution is 0.760. The van der Waals surface area contributed by atoms with Crippen LogP contribution in [0.1, 0.15) is 31.3 Å². The average molecular weight is 272 g/mol. The number of H-pyrrole nitrogens is 1. The summed E-state index contributed by atoms with van der Waals surface area (Å²) in [6.45, 7) is 2.77. The molecule has 0 aromatic carbocycles. The number of hydrogen-bond donors (Lipinski definition) is 2. The van der Waals surface area contributed by atoms with Crippen LogP contribution in [0.15, 0.2) is 6.20 Å². The number of rotatable bonds is 6. The highest BCUT2D eigenvalue weighted by atomic mass is 35.5. The van der Waals surface area contributed by atoms with Crippen LogP contribution in [0.4, 0.5) is 5.00 Å². The maximum atomic E-state index is 6.05. The van der Waals surface area contributed by atoms with Crippen LogP contribution < -0.4 is 5.32 Å². The molecule has 0 fully saturated rings. The van der Waals surface area contributed by atoms with Gasteiger partial charge in [-0.05, 0) is 6.42 Å². The zero-order valence-electron chi connectivity index (χ0n) is 9.53. The number of unbranched alkanes of at least 4 members (excludes halogenated alkanes) is 1. The lowest BCUT2D eigenvalue weighted by atomic mass is 10.2. The van der Waals surface area contributed by atoms with E-state index in [0.717, 1.165) is 35.8 Å². The molecule has 0 amide bonds. The molecule has 0 aliphatic heterocycles. The largest absolute Gasteiger partial charge is 0.369 e. The molecule has 2 aromatic heterocycles. The molecule has 0 spiro atoms. The Morgan fingerprint density at radius 2 is 2.41 bits per heavy atom. The summed E-state index contributed by atoms with van der Waals surface area (Å²) in [4.78, 5) is 7.53. The van der Waals surface area contributed by atoms with E-state index in [1.807, 2.05) is 0 Å². The lowest BCUT2D eigenvalue weighted by Crippen LogP contribution is -1.99. The van der Waals surface area contributed by atoms with Gasteiger partial charge < -0.3 is 10.3 Å². The Morgan fingerprint density at radius 3 is 3.12 bits per heavy atom. The van der Waals surface area contributed by atoms with E-state index in [0.29, 0.717) is 11.7 Å². The van der Waals surface area contributed by atoms with Crippen molar-refractivity contribution in [3.8, 4) is 0 Å². The molecule has 2 aromatic rings. The van der Waals surface area contributed by atoms with Crippen molar-refractivity contribution in [2.24, 2.45) is 0 Å². The highest BCUT2D eigenvalue weighted by Crippen LogP contribution is 2.17. The third-order valence-corrected chi connectivity index (χ3v) is 3.28. The Balaban J connectivity index is 1.93. The van der Waals surface area contributed by atoms with E-state index >= 15 is 0 Å². The van der Waals surface area contributed by atoms with Crippen molar-refractivity contribution in [2.45, 2.75) is 32.7 Å². The van der Waals surface area contributed by atoms with Crippen LogP contribution in [0.5, 0.6) is 0 Å². The highest BCUT2D eigenvalue weighted by molar-refractivity contribution is 7.09. The van der Waals surface area contributed by atoms with Gasteiger partial charge in [0.1, 0.15) is 10.8 Å². The van der Waals surface area contributed by atoms with Crippen molar-refractivity contribution in [1.29, 1.82) is 0 Å². The molecule has 2 rings (SSSR count). The predicted octanol–water partition coefficient (Wildman–Crippen LogP) is 2.87. The molecule has 0 saturated heterocycles. The van der Waals surface area contributed by atoms with Gasteiger partial charge in [-0.25, -0.2) is 4.98 Å². The molecule has 0 aliphatic carbocycles. The van der Waals surface area contributed by atoms with Crippen molar-refractivity contribution in [1.82, 2.24) is 19.6 Å². The molecule has 92 valence electrons. The predicted molar refractivity (Wildman–Crippen MR) is 69.4 cm³/mol. The van der Waals surface area contributed by atoms with Crippen molar-refractivity contribution in [2.75, 3.05) is 5.32 Å². The van der Waals surface area contributed by atoms with Gasteiger partial charge in [0, 0.05) is 18.0 Å². The Morgan fingerprint density at radius 1 is 1.53 bits per heavy atom. The maximum absolute atomic E-state index is 6.05. The van der Waals surface area contributed by atoms with Crippen molar-refractivity contribution in [3.63, 3.8) is 0 Å². The molecule has 0 aliphatic rings. The van der Waals surface area contributed by atoms with Crippen LogP contribution in [0, 0.1) is 0 Å².